The van der Waals surface area contributed by atoms with Gasteiger partial charge in [-0.1, -0.05) is 60.7 Å². The third-order valence-corrected chi connectivity index (χ3v) is 8.42. The molecule has 0 atom stereocenters. The van der Waals surface area contributed by atoms with Crippen LogP contribution in [-0.2, 0) is 24.2 Å². The van der Waals surface area contributed by atoms with Gasteiger partial charge in [-0.05, 0) is 42.5 Å². The van der Waals surface area contributed by atoms with E-state index in [0.717, 1.165) is 60.8 Å². The standard InChI is InChI=1S/C32H35N5O4S/c38-31(41-24-30-23-33-25-42-30)34-32(21-26-7-3-1-4-8-26,22-27-9-5-2-6-10-27)15-16-35-17-19-36(20-18-35)28-11-13-29(14-12-28)37(39)40/h1-14,23,25H,15-22,24H2,(H,34,38). The lowest BCUT2D eigenvalue weighted by Gasteiger charge is -2.40. The van der Waals surface area contributed by atoms with Crippen LogP contribution in [0.3, 0.4) is 0 Å². The number of piperazine rings is 1. The van der Waals surface area contributed by atoms with E-state index in [2.05, 4.69) is 44.4 Å². The molecule has 10 heteroatoms. The third-order valence-electron chi connectivity index (χ3n) is 7.67. The summed E-state index contributed by atoms with van der Waals surface area (Å²) in [6.45, 7) is 4.37. The summed E-state index contributed by atoms with van der Waals surface area (Å²) in [4.78, 5) is 33.5. The molecule has 3 aromatic carbocycles. The molecular formula is C32H35N5O4S. The van der Waals surface area contributed by atoms with E-state index in [1.165, 1.54) is 11.3 Å². The lowest BCUT2D eigenvalue weighted by atomic mass is 9.81. The van der Waals surface area contributed by atoms with E-state index in [4.69, 9.17) is 4.74 Å². The third kappa shape index (κ3) is 8.14. The number of ether oxygens (including phenoxy) is 1. The number of thiazole rings is 1. The summed E-state index contributed by atoms with van der Waals surface area (Å²) in [6.07, 6.45) is 3.36. The molecule has 218 valence electrons. The van der Waals surface area contributed by atoms with Gasteiger partial charge in [-0.3, -0.25) is 20.0 Å². The molecule has 1 aromatic heterocycles. The van der Waals surface area contributed by atoms with E-state index in [1.807, 2.05) is 48.5 Å². The van der Waals surface area contributed by atoms with Gasteiger partial charge in [0.2, 0.25) is 0 Å². The Morgan fingerprint density at radius 1 is 0.929 bits per heavy atom. The number of hydrogen-bond donors (Lipinski definition) is 1. The highest BCUT2D eigenvalue weighted by Crippen LogP contribution is 2.26. The molecule has 1 aliphatic heterocycles. The van der Waals surface area contributed by atoms with Gasteiger partial charge in [0, 0.05) is 56.7 Å². The number of aromatic nitrogens is 1. The predicted octanol–water partition coefficient (Wildman–Crippen LogP) is 5.71. The second-order valence-electron chi connectivity index (χ2n) is 10.6. The number of non-ortho nitro benzene ring substituents is 1. The summed E-state index contributed by atoms with van der Waals surface area (Å²) in [6, 6.07) is 27.3. The van der Waals surface area contributed by atoms with Gasteiger partial charge in [0.1, 0.15) is 6.61 Å². The Kier molecular flexibility index (Phi) is 9.78. The fraction of sp³-hybridized carbons (Fsp3) is 0.312. The lowest BCUT2D eigenvalue weighted by Crippen LogP contribution is -2.55. The number of carbonyl (C=O) groups excluding carboxylic acids is 1. The summed E-state index contributed by atoms with van der Waals surface area (Å²) < 4.78 is 5.65. The minimum Gasteiger partial charge on any atom is -0.444 e. The number of alkyl carbamates (subject to hydrolysis) is 1. The molecule has 0 aliphatic carbocycles. The minimum absolute atomic E-state index is 0.101. The highest BCUT2D eigenvalue weighted by Gasteiger charge is 2.34. The van der Waals surface area contributed by atoms with Crippen molar-refractivity contribution in [3.63, 3.8) is 0 Å². The van der Waals surface area contributed by atoms with Crippen molar-refractivity contribution in [1.82, 2.24) is 15.2 Å². The Balaban J connectivity index is 1.29. The van der Waals surface area contributed by atoms with Crippen LogP contribution in [0.4, 0.5) is 16.2 Å². The molecule has 0 saturated carbocycles. The van der Waals surface area contributed by atoms with E-state index >= 15 is 0 Å². The quantitative estimate of drug-likeness (QED) is 0.168. The number of nitro benzene ring substituents is 1. The number of nitrogens with zero attached hydrogens (tertiary/aromatic N) is 4. The van der Waals surface area contributed by atoms with Crippen LogP contribution >= 0.6 is 11.3 Å². The predicted molar refractivity (Wildman–Crippen MR) is 165 cm³/mol. The fourth-order valence-electron chi connectivity index (χ4n) is 5.45. The molecule has 9 nitrogen and oxygen atoms in total. The average Bonchev–Trinajstić information content (AvgIpc) is 3.54. The molecule has 1 aliphatic rings. The molecule has 1 fully saturated rings. The Morgan fingerprint density at radius 3 is 2.10 bits per heavy atom. The molecule has 0 radical (unpaired) electrons. The monoisotopic (exact) mass is 585 g/mol. The van der Waals surface area contributed by atoms with E-state index in [0.29, 0.717) is 12.8 Å². The molecule has 42 heavy (non-hydrogen) atoms. The number of nitrogens with one attached hydrogen (secondary N) is 1. The van der Waals surface area contributed by atoms with Crippen molar-refractivity contribution in [2.24, 2.45) is 0 Å². The number of carbonyl (C=O) groups is 1. The van der Waals surface area contributed by atoms with Crippen molar-refractivity contribution in [3.05, 3.63) is 123 Å². The zero-order valence-corrected chi connectivity index (χ0v) is 24.2. The maximum Gasteiger partial charge on any atom is 0.407 e. The molecule has 4 aromatic rings. The lowest BCUT2D eigenvalue weighted by molar-refractivity contribution is -0.384. The van der Waals surface area contributed by atoms with E-state index < -0.39 is 11.6 Å². The van der Waals surface area contributed by atoms with Gasteiger partial charge in [-0.15, -0.1) is 11.3 Å². The van der Waals surface area contributed by atoms with E-state index in [1.54, 1.807) is 23.8 Å². The van der Waals surface area contributed by atoms with Crippen LogP contribution in [0.1, 0.15) is 22.4 Å². The van der Waals surface area contributed by atoms with Crippen molar-refractivity contribution in [1.29, 1.82) is 0 Å². The summed E-state index contributed by atoms with van der Waals surface area (Å²) in [5, 5.41) is 14.3. The molecule has 2 heterocycles. The SMILES string of the molecule is O=C(NC(CCN1CCN(c2ccc([N+](=O)[O-])cc2)CC1)(Cc1ccccc1)Cc1ccccc1)OCc1cncs1. The van der Waals surface area contributed by atoms with Crippen molar-refractivity contribution in [3.8, 4) is 0 Å². The summed E-state index contributed by atoms with van der Waals surface area (Å²) >= 11 is 1.46. The Labute approximate surface area is 249 Å². The van der Waals surface area contributed by atoms with Gasteiger partial charge in [0.05, 0.1) is 20.8 Å². The number of benzene rings is 3. The van der Waals surface area contributed by atoms with Gasteiger partial charge >= 0.3 is 6.09 Å². The summed E-state index contributed by atoms with van der Waals surface area (Å²) in [5.41, 5.74) is 4.56. The molecule has 1 amide bonds. The first-order valence-electron chi connectivity index (χ1n) is 14.1. The number of hydrogen-bond acceptors (Lipinski definition) is 8. The normalized spacial score (nSPS) is 14.0. The van der Waals surface area contributed by atoms with Gasteiger partial charge in [-0.2, -0.15) is 0 Å². The Bertz CT molecular complexity index is 1370. The first-order valence-corrected chi connectivity index (χ1v) is 15.0. The van der Waals surface area contributed by atoms with Crippen LogP contribution in [0.25, 0.3) is 0 Å². The van der Waals surface area contributed by atoms with Crippen molar-refractivity contribution < 1.29 is 14.5 Å². The Morgan fingerprint density at radius 2 is 1.55 bits per heavy atom. The van der Waals surface area contributed by atoms with Crippen LogP contribution in [0, 0.1) is 10.1 Å². The maximum atomic E-state index is 13.2. The highest BCUT2D eigenvalue weighted by molar-refractivity contribution is 7.09. The van der Waals surface area contributed by atoms with Gasteiger partial charge < -0.3 is 15.0 Å². The van der Waals surface area contributed by atoms with Gasteiger partial charge in [-0.25, -0.2) is 4.79 Å². The highest BCUT2D eigenvalue weighted by atomic mass is 32.1. The van der Waals surface area contributed by atoms with Crippen LogP contribution in [0.2, 0.25) is 0 Å². The number of rotatable bonds is 12. The zero-order chi connectivity index (χ0) is 29.2. The van der Waals surface area contributed by atoms with Crippen LogP contribution < -0.4 is 10.2 Å². The molecule has 5 rings (SSSR count). The first kappa shape index (κ1) is 29.2. The number of anilines is 1. The molecule has 0 bridgehead atoms. The smallest absolute Gasteiger partial charge is 0.407 e. The second kappa shape index (κ2) is 14.1. The molecule has 1 saturated heterocycles. The number of nitro groups is 1. The van der Waals surface area contributed by atoms with Crippen LogP contribution in [-0.4, -0.2) is 59.2 Å². The largest absolute Gasteiger partial charge is 0.444 e. The fourth-order valence-corrected chi connectivity index (χ4v) is 5.96. The minimum atomic E-state index is -0.566. The molecule has 1 N–H and O–H groups in total. The second-order valence-corrected chi connectivity index (χ2v) is 11.6. The zero-order valence-electron chi connectivity index (χ0n) is 23.4. The van der Waals surface area contributed by atoms with Gasteiger partial charge in [0.15, 0.2) is 0 Å². The molecule has 0 unspecified atom stereocenters. The molecule has 0 spiro atoms. The topological polar surface area (TPSA) is 101 Å². The molecular weight excluding hydrogens is 550 g/mol. The van der Waals surface area contributed by atoms with Crippen LogP contribution in [0.5, 0.6) is 0 Å². The van der Waals surface area contributed by atoms with E-state index in [9.17, 15) is 14.9 Å². The summed E-state index contributed by atoms with van der Waals surface area (Å²) in [5.74, 6) is 0. The first-order chi connectivity index (χ1) is 20.5. The Hall–Kier alpha value is -4.28. The van der Waals surface area contributed by atoms with Crippen molar-refractivity contribution in [2.75, 3.05) is 37.6 Å². The van der Waals surface area contributed by atoms with Gasteiger partial charge in [0.25, 0.3) is 5.69 Å². The average molecular weight is 586 g/mol. The van der Waals surface area contributed by atoms with Crippen molar-refractivity contribution >= 4 is 28.8 Å². The van der Waals surface area contributed by atoms with Crippen LogP contribution in [0.15, 0.2) is 96.6 Å². The van der Waals surface area contributed by atoms with Crippen molar-refractivity contribution in [2.45, 2.75) is 31.4 Å². The summed E-state index contributed by atoms with van der Waals surface area (Å²) in [7, 11) is 0. The van der Waals surface area contributed by atoms with E-state index in [-0.39, 0.29) is 17.2 Å². The number of amides is 1. The maximum absolute atomic E-state index is 13.2.